The van der Waals surface area contributed by atoms with Crippen LogP contribution in [0.25, 0.3) is 6.08 Å². The lowest BCUT2D eigenvalue weighted by Gasteiger charge is -2.25. The Morgan fingerprint density at radius 3 is 2.80 bits per heavy atom. The van der Waals surface area contributed by atoms with E-state index in [4.69, 9.17) is 9.47 Å². The SMILES string of the molecule is COc1ccc(/C=C/C(=O)N(c2cc[nH]n2)C2CCSC2)cc1OC. The largest absolute Gasteiger partial charge is 0.493 e. The summed E-state index contributed by atoms with van der Waals surface area (Å²) in [4.78, 5) is 14.6. The molecular formula is C18H21N3O3S. The highest BCUT2D eigenvalue weighted by Crippen LogP contribution is 2.29. The van der Waals surface area contributed by atoms with Gasteiger partial charge in [0.25, 0.3) is 5.91 Å². The van der Waals surface area contributed by atoms with Crippen molar-refractivity contribution in [2.24, 2.45) is 0 Å². The van der Waals surface area contributed by atoms with Gasteiger partial charge in [0.05, 0.1) is 14.2 Å². The van der Waals surface area contributed by atoms with Crippen LogP contribution in [0.5, 0.6) is 11.5 Å². The standard InChI is InChI=1S/C18H21N3O3S/c1-23-15-5-3-13(11-16(15)24-2)4-6-18(22)21(14-8-10-25-12-14)17-7-9-19-20-17/h3-7,9,11,14H,8,10,12H2,1-2H3,(H,19,20)/b6-4+. The molecule has 25 heavy (non-hydrogen) atoms. The average molecular weight is 359 g/mol. The Bertz CT molecular complexity index is 740. The van der Waals surface area contributed by atoms with Crippen LogP contribution >= 0.6 is 11.8 Å². The molecule has 3 rings (SSSR count). The van der Waals surface area contributed by atoms with Crippen molar-refractivity contribution in [2.45, 2.75) is 12.5 Å². The maximum atomic E-state index is 12.8. The monoisotopic (exact) mass is 359 g/mol. The molecule has 1 unspecified atom stereocenters. The normalized spacial score (nSPS) is 17.0. The van der Waals surface area contributed by atoms with Gasteiger partial charge in [0.1, 0.15) is 0 Å². The second-order valence-corrected chi connectivity index (χ2v) is 6.76. The summed E-state index contributed by atoms with van der Waals surface area (Å²) in [5.74, 6) is 3.88. The number of thioether (sulfide) groups is 1. The van der Waals surface area contributed by atoms with Crippen molar-refractivity contribution in [1.82, 2.24) is 10.2 Å². The molecule has 7 heteroatoms. The van der Waals surface area contributed by atoms with Crippen LogP contribution in [0.4, 0.5) is 5.82 Å². The molecule has 1 amide bonds. The van der Waals surface area contributed by atoms with Crippen LogP contribution in [-0.2, 0) is 4.79 Å². The zero-order valence-corrected chi connectivity index (χ0v) is 15.1. The number of carbonyl (C=O) groups is 1. The summed E-state index contributed by atoms with van der Waals surface area (Å²) in [6.07, 6.45) is 6.08. The summed E-state index contributed by atoms with van der Waals surface area (Å²) in [7, 11) is 3.19. The highest BCUT2D eigenvalue weighted by Gasteiger charge is 2.28. The Morgan fingerprint density at radius 2 is 2.16 bits per heavy atom. The van der Waals surface area contributed by atoms with Crippen molar-refractivity contribution >= 4 is 29.6 Å². The predicted octanol–water partition coefficient (Wildman–Crippen LogP) is 2.98. The van der Waals surface area contributed by atoms with Crippen LogP contribution in [0.2, 0.25) is 0 Å². The molecule has 0 bridgehead atoms. The van der Waals surface area contributed by atoms with E-state index in [2.05, 4.69) is 10.2 Å². The average Bonchev–Trinajstić information content (AvgIpc) is 3.34. The lowest BCUT2D eigenvalue weighted by atomic mass is 10.1. The van der Waals surface area contributed by atoms with E-state index in [1.807, 2.05) is 36.0 Å². The van der Waals surface area contributed by atoms with Gasteiger partial charge in [-0.05, 0) is 35.9 Å². The van der Waals surface area contributed by atoms with E-state index in [-0.39, 0.29) is 11.9 Å². The van der Waals surface area contributed by atoms with Crippen molar-refractivity contribution in [3.8, 4) is 11.5 Å². The molecule has 1 fully saturated rings. The number of hydrogen-bond acceptors (Lipinski definition) is 5. The molecule has 0 saturated carbocycles. The number of ether oxygens (including phenoxy) is 2. The molecule has 1 aromatic carbocycles. The minimum absolute atomic E-state index is 0.0746. The van der Waals surface area contributed by atoms with E-state index in [0.29, 0.717) is 17.3 Å². The van der Waals surface area contributed by atoms with E-state index in [1.165, 1.54) is 0 Å². The fourth-order valence-electron chi connectivity index (χ4n) is 2.80. The van der Waals surface area contributed by atoms with E-state index in [0.717, 1.165) is 23.5 Å². The summed E-state index contributed by atoms with van der Waals surface area (Å²) < 4.78 is 10.5. The fourth-order valence-corrected chi connectivity index (χ4v) is 3.99. The van der Waals surface area contributed by atoms with Crippen molar-refractivity contribution in [1.29, 1.82) is 0 Å². The van der Waals surface area contributed by atoms with Crippen LogP contribution in [0.3, 0.4) is 0 Å². The second kappa shape index (κ2) is 8.11. The van der Waals surface area contributed by atoms with E-state index in [1.54, 1.807) is 37.5 Å². The molecule has 2 aromatic rings. The molecule has 1 aliphatic rings. The number of rotatable bonds is 6. The molecule has 0 aliphatic carbocycles. The Kier molecular flexibility index (Phi) is 5.65. The molecule has 1 N–H and O–H groups in total. The number of H-pyrrole nitrogens is 1. The Morgan fingerprint density at radius 1 is 1.32 bits per heavy atom. The number of amides is 1. The highest BCUT2D eigenvalue weighted by molar-refractivity contribution is 7.99. The van der Waals surface area contributed by atoms with Gasteiger partial charge in [0.15, 0.2) is 17.3 Å². The van der Waals surface area contributed by atoms with Gasteiger partial charge in [-0.25, -0.2) is 0 Å². The maximum absolute atomic E-state index is 12.8. The van der Waals surface area contributed by atoms with Gasteiger partial charge < -0.3 is 9.47 Å². The van der Waals surface area contributed by atoms with Crippen molar-refractivity contribution in [3.63, 3.8) is 0 Å². The highest BCUT2D eigenvalue weighted by atomic mass is 32.2. The van der Waals surface area contributed by atoms with Gasteiger partial charge in [-0.2, -0.15) is 16.9 Å². The summed E-state index contributed by atoms with van der Waals surface area (Å²) in [6, 6.07) is 7.55. The van der Waals surface area contributed by atoms with Crippen molar-refractivity contribution < 1.29 is 14.3 Å². The van der Waals surface area contributed by atoms with Gasteiger partial charge in [0.2, 0.25) is 0 Å². The van der Waals surface area contributed by atoms with Gasteiger partial charge in [-0.15, -0.1) is 0 Å². The van der Waals surface area contributed by atoms with Crippen molar-refractivity contribution in [3.05, 3.63) is 42.1 Å². The lowest BCUT2D eigenvalue weighted by molar-refractivity contribution is -0.114. The quantitative estimate of drug-likeness (QED) is 0.803. The van der Waals surface area contributed by atoms with E-state index >= 15 is 0 Å². The third-order valence-corrected chi connectivity index (χ3v) is 5.21. The number of carbonyl (C=O) groups excluding carboxylic acids is 1. The predicted molar refractivity (Wildman–Crippen MR) is 100 cm³/mol. The van der Waals surface area contributed by atoms with Crippen molar-refractivity contribution in [2.75, 3.05) is 30.6 Å². The maximum Gasteiger partial charge on any atom is 0.252 e. The summed E-state index contributed by atoms with van der Waals surface area (Å²) >= 11 is 1.86. The first-order valence-corrected chi connectivity index (χ1v) is 9.19. The topological polar surface area (TPSA) is 67.5 Å². The lowest BCUT2D eigenvalue weighted by Crippen LogP contribution is -2.39. The number of anilines is 1. The van der Waals surface area contributed by atoms with Gasteiger partial charge in [0, 0.05) is 30.1 Å². The number of benzene rings is 1. The molecule has 1 aromatic heterocycles. The minimum atomic E-state index is -0.0746. The van der Waals surface area contributed by atoms with Gasteiger partial charge in [-0.3, -0.25) is 14.8 Å². The zero-order chi connectivity index (χ0) is 17.6. The summed E-state index contributed by atoms with van der Waals surface area (Å²) in [5.41, 5.74) is 0.869. The molecule has 0 spiro atoms. The smallest absolute Gasteiger partial charge is 0.252 e. The number of aromatic amines is 1. The number of aromatic nitrogens is 2. The fraction of sp³-hybridized carbons (Fsp3) is 0.333. The summed E-state index contributed by atoms with van der Waals surface area (Å²) in [5, 5.41) is 6.97. The van der Waals surface area contributed by atoms with E-state index in [9.17, 15) is 4.79 Å². The number of nitrogens with one attached hydrogen (secondary N) is 1. The van der Waals surface area contributed by atoms with Crippen LogP contribution in [0.15, 0.2) is 36.5 Å². The van der Waals surface area contributed by atoms with Crippen LogP contribution in [0.1, 0.15) is 12.0 Å². The van der Waals surface area contributed by atoms with Gasteiger partial charge in [-0.1, -0.05) is 6.07 Å². The minimum Gasteiger partial charge on any atom is -0.493 e. The van der Waals surface area contributed by atoms with Crippen LogP contribution in [0, 0.1) is 0 Å². The molecule has 132 valence electrons. The number of nitrogens with zero attached hydrogens (tertiary/aromatic N) is 2. The molecular weight excluding hydrogens is 338 g/mol. The number of methoxy groups -OCH3 is 2. The second-order valence-electron chi connectivity index (χ2n) is 5.61. The third kappa shape index (κ3) is 3.99. The first-order valence-electron chi connectivity index (χ1n) is 8.03. The molecule has 1 aliphatic heterocycles. The summed E-state index contributed by atoms with van der Waals surface area (Å²) in [6.45, 7) is 0. The van der Waals surface area contributed by atoms with Crippen LogP contribution in [-0.4, -0.2) is 47.9 Å². The molecule has 2 heterocycles. The third-order valence-electron chi connectivity index (χ3n) is 4.07. The molecule has 1 atom stereocenters. The van der Waals surface area contributed by atoms with Gasteiger partial charge >= 0.3 is 0 Å². The Hall–Kier alpha value is -2.41. The Labute approximate surface area is 151 Å². The first-order chi connectivity index (χ1) is 12.2. The molecule has 1 saturated heterocycles. The first kappa shape index (κ1) is 17.4. The number of hydrogen-bond donors (Lipinski definition) is 1. The molecule has 0 radical (unpaired) electrons. The van der Waals surface area contributed by atoms with Crippen LogP contribution < -0.4 is 14.4 Å². The molecule has 6 nitrogen and oxygen atoms in total. The van der Waals surface area contributed by atoms with E-state index < -0.39 is 0 Å². The zero-order valence-electron chi connectivity index (χ0n) is 14.3. The Balaban J connectivity index is 1.80.